The molecule has 9 heteroatoms. The highest BCUT2D eigenvalue weighted by Gasteiger charge is 2.20. The first kappa shape index (κ1) is 28.2. The van der Waals surface area contributed by atoms with E-state index in [9.17, 15) is 9.59 Å². The number of Topliss-reactive ketones (excluding diaryl/α,β-unsaturated/α-hetero) is 1. The van der Waals surface area contributed by atoms with Crippen LogP contribution < -0.4 is 15.4 Å². The number of hydrogen-bond acceptors (Lipinski definition) is 5. The summed E-state index contributed by atoms with van der Waals surface area (Å²) in [5.41, 5.74) is 11.0. The molecule has 5 rings (SSSR count). The Morgan fingerprint density at radius 2 is 1.66 bits per heavy atom. The molecule has 1 amide bonds. The lowest BCUT2D eigenvalue weighted by molar-refractivity contribution is -0.117. The fourth-order valence-electron chi connectivity index (χ4n) is 4.52. The van der Waals surface area contributed by atoms with E-state index in [4.69, 9.17) is 33.7 Å². The van der Waals surface area contributed by atoms with Gasteiger partial charge >= 0.3 is 0 Å². The maximum atomic E-state index is 13.2. The van der Waals surface area contributed by atoms with Crippen molar-refractivity contribution in [2.75, 3.05) is 17.7 Å². The Morgan fingerprint density at radius 3 is 2.41 bits per heavy atom. The number of rotatable bonds is 9. The fourth-order valence-corrected chi connectivity index (χ4v) is 5.12. The molecule has 41 heavy (non-hydrogen) atoms. The van der Waals surface area contributed by atoms with Crippen LogP contribution in [0.25, 0.3) is 10.9 Å². The molecule has 5 aromatic rings. The van der Waals surface area contributed by atoms with Crippen LogP contribution in [0, 0.1) is 6.92 Å². The molecule has 2 aromatic heterocycles. The number of nitrogens with zero attached hydrogens (tertiary/aromatic N) is 2. The molecule has 0 fully saturated rings. The highest BCUT2D eigenvalue weighted by Crippen LogP contribution is 2.35. The number of benzene rings is 3. The first-order valence-corrected chi connectivity index (χ1v) is 13.7. The number of amides is 1. The van der Waals surface area contributed by atoms with Crippen LogP contribution in [-0.2, 0) is 24.2 Å². The summed E-state index contributed by atoms with van der Waals surface area (Å²) in [7, 11) is 1.66. The van der Waals surface area contributed by atoms with E-state index in [1.165, 1.54) is 4.90 Å². The van der Waals surface area contributed by atoms with Gasteiger partial charge in [0.05, 0.1) is 23.6 Å². The van der Waals surface area contributed by atoms with Crippen molar-refractivity contribution < 1.29 is 14.3 Å². The van der Waals surface area contributed by atoms with Crippen LogP contribution in [0.3, 0.4) is 0 Å². The number of nitrogen functional groups attached to an aromatic ring is 1. The quantitative estimate of drug-likeness (QED) is 0.143. The lowest BCUT2D eigenvalue weighted by atomic mass is 10.1. The van der Waals surface area contributed by atoms with Crippen molar-refractivity contribution in [2.45, 2.75) is 26.4 Å². The van der Waals surface area contributed by atoms with Crippen molar-refractivity contribution in [2.24, 2.45) is 0 Å². The number of aromatic nitrogens is 2. The minimum Gasteiger partial charge on any atom is -0.487 e. The highest BCUT2D eigenvalue weighted by atomic mass is 35.5. The molecule has 0 saturated carbocycles. The standard InChI is InChI=1S/C32H28Cl2N4O3/c1-19-6-7-21-4-3-5-29(32(21)36-19)41-18-25-26(33)14-15-27(31(25)34)38(2)30(40)17-24-13-12-23(37-24)16-28(39)20-8-10-22(35)11-9-20/h3-15,37H,16-18,35H2,1-2H3. The smallest absolute Gasteiger partial charge is 0.232 e. The Hall–Kier alpha value is -4.33. The van der Waals surface area contributed by atoms with Crippen molar-refractivity contribution in [3.63, 3.8) is 0 Å². The average molecular weight is 588 g/mol. The second-order valence-electron chi connectivity index (χ2n) is 9.79. The molecule has 0 unspecified atom stereocenters. The normalized spacial score (nSPS) is 11.0. The van der Waals surface area contributed by atoms with Crippen LogP contribution in [0.2, 0.25) is 10.0 Å². The van der Waals surface area contributed by atoms with Gasteiger partial charge in [-0.3, -0.25) is 9.59 Å². The minimum absolute atomic E-state index is 0.0426. The summed E-state index contributed by atoms with van der Waals surface area (Å²) in [6.45, 7) is 2.03. The SMILES string of the molecule is Cc1ccc2cccc(OCc3c(Cl)ccc(N(C)C(=O)Cc4ccc(CC(=O)c5ccc(N)cc5)[nH]4)c3Cl)c2n1. The molecular weight excluding hydrogens is 559 g/mol. The number of carbonyl (C=O) groups is 2. The summed E-state index contributed by atoms with van der Waals surface area (Å²) >= 11 is 13.3. The Kier molecular flexibility index (Phi) is 8.28. The molecule has 3 aromatic carbocycles. The van der Waals surface area contributed by atoms with Gasteiger partial charge in [0, 0.05) is 51.4 Å². The van der Waals surface area contributed by atoms with Gasteiger partial charge in [0.25, 0.3) is 0 Å². The summed E-state index contributed by atoms with van der Waals surface area (Å²) in [6, 6.07) is 23.5. The van der Waals surface area contributed by atoms with Crippen LogP contribution in [0.1, 0.15) is 33.0 Å². The zero-order valence-electron chi connectivity index (χ0n) is 22.6. The topological polar surface area (TPSA) is 101 Å². The van der Waals surface area contributed by atoms with Gasteiger partial charge in [-0.25, -0.2) is 4.98 Å². The lowest BCUT2D eigenvalue weighted by Gasteiger charge is -2.21. The van der Waals surface area contributed by atoms with Gasteiger partial charge in [-0.15, -0.1) is 0 Å². The van der Waals surface area contributed by atoms with Gasteiger partial charge in [0.1, 0.15) is 17.9 Å². The van der Waals surface area contributed by atoms with Crippen LogP contribution in [0.4, 0.5) is 11.4 Å². The van der Waals surface area contributed by atoms with E-state index >= 15 is 0 Å². The monoisotopic (exact) mass is 586 g/mol. The third kappa shape index (κ3) is 6.37. The number of ketones is 1. The maximum absolute atomic E-state index is 13.2. The molecule has 7 nitrogen and oxygen atoms in total. The minimum atomic E-state index is -0.187. The molecule has 0 aliphatic rings. The van der Waals surface area contributed by atoms with Crippen LogP contribution in [0.15, 0.2) is 78.9 Å². The van der Waals surface area contributed by atoms with E-state index < -0.39 is 0 Å². The van der Waals surface area contributed by atoms with Crippen LogP contribution in [-0.4, -0.2) is 28.7 Å². The molecule has 3 N–H and O–H groups in total. The molecule has 0 spiro atoms. The molecule has 0 bridgehead atoms. The molecular formula is C32H28Cl2N4O3. The molecule has 0 atom stereocenters. The summed E-state index contributed by atoms with van der Waals surface area (Å²) in [5, 5.41) is 1.73. The van der Waals surface area contributed by atoms with E-state index in [1.807, 2.05) is 43.3 Å². The van der Waals surface area contributed by atoms with Gasteiger partial charge in [-0.1, -0.05) is 41.4 Å². The number of aryl methyl sites for hydroxylation is 1. The number of fused-ring (bicyclic) bond motifs is 1. The summed E-state index contributed by atoms with van der Waals surface area (Å²) in [4.78, 5) is 35.1. The number of para-hydroxylation sites is 1. The number of nitrogens with two attached hydrogens (primary N) is 1. The number of halogens is 2. The van der Waals surface area contributed by atoms with Gasteiger partial charge in [0.15, 0.2) is 5.78 Å². The number of aromatic amines is 1. The summed E-state index contributed by atoms with van der Waals surface area (Å²) in [6.07, 6.45) is 0.282. The number of nitrogens with one attached hydrogen (secondary N) is 1. The molecule has 208 valence electrons. The second kappa shape index (κ2) is 12.0. The third-order valence-electron chi connectivity index (χ3n) is 6.83. The Bertz CT molecular complexity index is 1750. The Balaban J connectivity index is 1.27. The predicted molar refractivity (Wildman–Crippen MR) is 164 cm³/mol. The van der Waals surface area contributed by atoms with E-state index in [1.54, 1.807) is 49.5 Å². The number of H-pyrrole nitrogens is 1. The van der Waals surface area contributed by atoms with Crippen LogP contribution >= 0.6 is 23.2 Å². The van der Waals surface area contributed by atoms with Gasteiger partial charge in [-0.2, -0.15) is 0 Å². The van der Waals surface area contributed by atoms with Crippen molar-refractivity contribution >= 4 is 57.2 Å². The van der Waals surface area contributed by atoms with Crippen molar-refractivity contribution in [1.82, 2.24) is 9.97 Å². The van der Waals surface area contributed by atoms with Gasteiger partial charge < -0.3 is 20.4 Å². The Labute approximate surface area is 247 Å². The molecule has 2 heterocycles. The number of ether oxygens (including phenoxy) is 1. The summed E-state index contributed by atoms with van der Waals surface area (Å²) in [5.74, 6) is 0.387. The summed E-state index contributed by atoms with van der Waals surface area (Å²) < 4.78 is 6.11. The number of hydrogen-bond donors (Lipinski definition) is 2. The predicted octanol–water partition coefficient (Wildman–Crippen LogP) is 6.97. The number of anilines is 2. The maximum Gasteiger partial charge on any atom is 0.232 e. The number of pyridine rings is 1. The van der Waals surface area contributed by atoms with E-state index in [-0.39, 0.29) is 31.1 Å². The average Bonchev–Trinajstić information content (AvgIpc) is 3.39. The van der Waals surface area contributed by atoms with E-state index in [0.717, 1.165) is 22.3 Å². The molecule has 0 aliphatic carbocycles. The second-order valence-corrected chi connectivity index (χ2v) is 10.6. The molecule has 0 saturated heterocycles. The fraction of sp³-hybridized carbons (Fsp3) is 0.156. The number of likely N-dealkylation sites (N-methyl/N-ethyl adjacent to an activating group) is 1. The third-order valence-corrected chi connectivity index (χ3v) is 7.60. The van der Waals surface area contributed by atoms with Crippen molar-refractivity contribution in [3.05, 3.63) is 117 Å². The molecule has 0 aliphatic heterocycles. The zero-order chi connectivity index (χ0) is 29.1. The van der Waals surface area contributed by atoms with E-state index in [2.05, 4.69) is 9.97 Å². The lowest BCUT2D eigenvalue weighted by Crippen LogP contribution is -2.28. The van der Waals surface area contributed by atoms with Crippen LogP contribution in [0.5, 0.6) is 5.75 Å². The van der Waals surface area contributed by atoms with Crippen molar-refractivity contribution in [1.29, 1.82) is 0 Å². The first-order chi connectivity index (χ1) is 19.7. The first-order valence-electron chi connectivity index (χ1n) is 13.0. The van der Waals surface area contributed by atoms with E-state index in [0.29, 0.717) is 44.0 Å². The highest BCUT2D eigenvalue weighted by molar-refractivity contribution is 6.38. The largest absolute Gasteiger partial charge is 0.487 e. The van der Waals surface area contributed by atoms with Crippen molar-refractivity contribution in [3.8, 4) is 5.75 Å². The zero-order valence-corrected chi connectivity index (χ0v) is 24.1. The molecule has 0 radical (unpaired) electrons. The van der Waals surface area contributed by atoms with Gasteiger partial charge in [0.2, 0.25) is 5.91 Å². The Morgan fingerprint density at radius 1 is 0.927 bits per heavy atom. The van der Waals surface area contributed by atoms with Gasteiger partial charge in [-0.05, 0) is 67.6 Å². The number of carbonyl (C=O) groups excluding carboxylic acids is 2.